The first-order valence-electron chi connectivity index (χ1n) is 7.65. The van der Waals surface area contributed by atoms with Crippen molar-refractivity contribution in [2.45, 2.75) is 39.7 Å². The average Bonchev–Trinajstić information content (AvgIpc) is 2.48. The highest BCUT2D eigenvalue weighted by atomic mass is 35.5. The molecule has 1 atom stereocenters. The molecule has 0 radical (unpaired) electrons. The molecule has 0 aliphatic heterocycles. The van der Waals surface area contributed by atoms with E-state index in [1.807, 2.05) is 6.07 Å². The van der Waals surface area contributed by atoms with Gasteiger partial charge in [0.2, 0.25) is 0 Å². The Hall–Kier alpha value is -1.31. The summed E-state index contributed by atoms with van der Waals surface area (Å²) in [5.74, 6) is 0. The predicted octanol–water partition coefficient (Wildman–Crippen LogP) is 5.24. The van der Waals surface area contributed by atoms with Crippen molar-refractivity contribution in [3.05, 3.63) is 69.7 Å². The zero-order valence-corrected chi connectivity index (χ0v) is 13.9. The first kappa shape index (κ1) is 16.1. The Bertz CT molecular complexity index is 592. The van der Waals surface area contributed by atoms with Crippen LogP contribution in [0.25, 0.3) is 0 Å². The summed E-state index contributed by atoms with van der Waals surface area (Å²) in [6.07, 6.45) is 2.14. The lowest BCUT2D eigenvalue weighted by Gasteiger charge is -2.21. The molecule has 0 aromatic heterocycles. The SMILES string of the molecule is CCCNC(Cc1ccccc1C)c1ccc(Cl)c(C)c1. The molecule has 0 aliphatic rings. The third-order valence-corrected chi connectivity index (χ3v) is 4.33. The molecule has 0 aliphatic carbocycles. The molecule has 2 aromatic carbocycles. The third kappa shape index (κ3) is 4.33. The van der Waals surface area contributed by atoms with Gasteiger partial charge in [-0.2, -0.15) is 0 Å². The van der Waals surface area contributed by atoms with Crippen molar-refractivity contribution < 1.29 is 0 Å². The third-order valence-electron chi connectivity index (χ3n) is 3.91. The van der Waals surface area contributed by atoms with Crippen LogP contribution >= 0.6 is 11.6 Å². The van der Waals surface area contributed by atoms with Crippen LogP contribution < -0.4 is 5.32 Å². The van der Waals surface area contributed by atoms with Gasteiger partial charge in [-0.05, 0) is 61.6 Å². The summed E-state index contributed by atoms with van der Waals surface area (Å²) in [6.45, 7) is 7.47. The lowest BCUT2D eigenvalue weighted by Crippen LogP contribution is -2.24. The highest BCUT2D eigenvalue weighted by Gasteiger charge is 2.13. The zero-order valence-electron chi connectivity index (χ0n) is 13.1. The number of aryl methyl sites for hydroxylation is 2. The number of hydrogen-bond donors (Lipinski definition) is 1. The van der Waals surface area contributed by atoms with Gasteiger partial charge in [-0.3, -0.25) is 0 Å². The van der Waals surface area contributed by atoms with Crippen LogP contribution in [0.4, 0.5) is 0 Å². The molecule has 0 bridgehead atoms. The van der Waals surface area contributed by atoms with Crippen molar-refractivity contribution in [1.29, 1.82) is 0 Å². The molecular weight excluding hydrogens is 278 g/mol. The molecule has 0 fully saturated rings. The molecule has 2 aromatic rings. The molecule has 1 nitrogen and oxygen atoms in total. The molecule has 0 amide bonds. The van der Waals surface area contributed by atoms with Crippen LogP contribution in [-0.4, -0.2) is 6.54 Å². The molecule has 2 heteroatoms. The molecule has 1 N–H and O–H groups in total. The van der Waals surface area contributed by atoms with Crippen LogP contribution in [0.2, 0.25) is 5.02 Å². The lowest BCUT2D eigenvalue weighted by molar-refractivity contribution is 0.528. The number of hydrogen-bond acceptors (Lipinski definition) is 1. The molecule has 0 saturated carbocycles. The van der Waals surface area contributed by atoms with Crippen molar-refractivity contribution in [3.63, 3.8) is 0 Å². The fraction of sp³-hybridized carbons (Fsp3) is 0.368. The van der Waals surface area contributed by atoms with Crippen molar-refractivity contribution in [2.24, 2.45) is 0 Å². The molecule has 1 unspecified atom stereocenters. The van der Waals surface area contributed by atoms with Crippen molar-refractivity contribution >= 4 is 11.6 Å². The molecule has 112 valence electrons. The quantitative estimate of drug-likeness (QED) is 0.769. The fourth-order valence-corrected chi connectivity index (χ4v) is 2.69. The molecule has 0 heterocycles. The maximum Gasteiger partial charge on any atom is 0.0435 e. The summed E-state index contributed by atoms with van der Waals surface area (Å²) in [7, 11) is 0. The summed E-state index contributed by atoms with van der Waals surface area (Å²) in [5, 5.41) is 4.50. The Balaban J connectivity index is 2.25. The minimum absolute atomic E-state index is 0.335. The lowest BCUT2D eigenvalue weighted by atomic mass is 9.95. The largest absolute Gasteiger partial charge is 0.310 e. The topological polar surface area (TPSA) is 12.0 Å². The normalized spacial score (nSPS) is 12.4. The van der Waals surface area contributed by atoms with Gasteiger partial charge in [-0.25, -0.2) is 0 Å². The Morgan fingerprint density at radius 2 is 1.81 bits per heavy atom. The summed E-state index contributed by atoms with van der Waals surface area (Å²) >= 11 is 6.15. The van der Waals surface area contributed by atoms with Crippen LogP contribution in [0.1, 0.15) is 41.6 Å². The van der Waals surface area contributed by atoms with Crippen molar-refractivity contribution in [2.75, 3.05) is 6.54 Å². The van der Waals surface area contributed by atoms with Gasteiger partial charge >= 0.3 is 0 Å². The van der Waals surface area contributed by atoms with Crippen molar-refractivity contribution in [1.82, 2.24) is 5.32 Å². The van der Waals surface area contributed by atoms with E-state index in [0.29, 0.717) is 6.04 Å². The molecule has 0 saturated heterocycles. The van der Waals surface area contributed by atoms with Gasteiger partial charge in [0.1, 0.15) is 0 Å². The number of rotatable bonds is 6. The Kier molecular flexibility index (Phi) is 5.84. The van der Waals surface area contributed by atoms with Gasteiger partial charge in [0.05, 0.1) is 0 Å². The Labute approximate surface area is 133 Å². The van der Waals surface area contributed by atoms with E-state index in [-0.39, 0.29) is 0 Å². The van der Waals surface area contributed by atoms with Crippen molar-refractivity contribution in [3.8, 4) is 0 Å². The van der Waals surface area contributed by atoms with E-state index < -0.39 is 0 Å². The summed E-state index contributed by atoms with van der Waals surface area (Å²) in [4.78, 5) is 0. The highest BCUT2D eigenvalue weighted by molar-refractivity contribution is 6.31. The van der Waals surface area contributed by atoms with E-state index in [2.05, 4.69) is 62.5 Å². The van der Waals surface area contributed by atoms with Gasteiger partial charge in [0.15, 0.2) is 0 Å². The minimum Gasteiger partial charge on any atom is -0.310 e. The standard InChI is InChI=1S/C19H24ClN/c1-4-11-21-19(13-16-8-6-5-7-14(16)2)17-9-10-18(20)15(3)12-17/h5-10,12,19,21H,4,11,13H2,1-3H3. The predicted molar refractivity (Wildman–Crippen MR) is 92.1 cm³/mol. The van der Waals surface area contributed by atoms with Crippen LogP contribution in [0.15, 0.2) is 42.5 Å². The fourth-order valence-electron chi connectivity index (χ4n) is 2.57. The van der Waals surface area contributed by atoms with Gasteiger partial charge < -0.3 is 5.32 Å². The maximum absolute atomic E-state index is 6.15. The first-order valence-corrected chi connectivity index (χ1v) is 8.03. The monoisotopic (exact) mass is 301 g/mol. The second-order valence-electron chi connectivity index (χ2n) is 5.65. The van der Waals surface area contributed by atoms with Crippen LogP contribution in [0, 0.1) is 13.8 Å². The Morgan fingerprint density at radius 1 is 1.05 bits per heavy atom. The maximum atomic E-state index is 6.15. The van der Waals surface area contributed by atoms with Gasteiger partial charge in [0.25, 0.3) is 0 Å². The summed E-state index contributed by atoms with van der Waals surface area (Å²) < 4.78 is 0. The minimum atomic E-state index is 0.335. The van der Waals surface area contributed by atoms with E-state index in [1.54, 1.807) is 0 Å². The molecular formula is C19H24ClN. The second-order valence-corrected chi connectivity index (χ2v) is 6.05. The van der Waals surface area contributed by atoms with E-state index in [4.69, 9.17) is 11.6 Å². The summed E-state index contributed by atoms with van der Waals surface area (Å²) in [5.41, 5.74) is 5.21. The summed E-state index contributed by atoms with van der Waals surface area (Å²) in [6, 6.07) is 15.3. The smallest absolute Gasteiger partial charge is 0.0435 e. The van der Waals surface area contributed by atoms with Gasteiger partial charge in [-0.15, -0.1) is 0 Å². The van der Waals surface area contributed by atoms with E-state index in [1.165, 1.54) is 16.7 Å². The zero-order chi connectivity index (χ0) is 15.2. The van der Waals surface area contributed by atoms with Crippen LogP contribution in [-0.2, 0) is 6.42 Å². The average molecular weight is 302 g/mol. The van der Waals surface area contributed by atoms with E-state index in [9.17, 15) is 0 Å². The van der Waals surface area contributed by atoms with Gasteiger partial charge in [0, 0.05) is 11.1 Å². The second kappa shape index (κ2) is 7.63. The van der Waals surface area contributed by atoms with Gasteiger partial charge in [-0.1, -0.05) is 54.9 Å². The van der Waals surface area contributed by atoms with Crippen LogP contribution in [0.5, 0.6) is 0 Å². The first-order chi connectivity index (χ1) is 10.1. The molecule has 21 heavy (non-hydrogen) atoms. The highest BCUT2D eigenvalue weighted by Crippen LogP contribution is 2.24. The molecule has 0 spiro atoms. The molecule has 2 rings (SSSR count). The van der Waals surface area contributed by atoms with E-state index in [0.717, 1.165) is 30.0 Å². The Morgan fingerprint density at radius 3 is 2.48 bits per heavy atom. The number of nitrogens with one attached hydrogen (secondary N) is 1. The van der Waals surface area contributed by atoms with E-state index >= 15 is 0 Å². The number of halogens is 1. The van der Waals surface area contributed by atoms with Crippen LogP contribution in [0.3, 0.4) is 0 Å². The number of benzene rings is 2.